The van der Waals surface area contributed by atoms with Crippen LogP contribution in [0.3, 0.4) is 0 Å². The fourth-order valence-corrected chi connectivity index (χ4v) is 2.54. The van der Waals surface area contributed by atoms with Gasteiger partial charge in [-0.05, 0) is 25.2 Å². The number of aliphatic hydroxyl groups excluding tert-OH is 1. The van der Waals surface area contributed by atoms with Gasteiger partial charge in [0.2, 0.25) is 5.91 Å². The van der Waals surface area contributed by atoms with Crippen molar-refractivity contribution in [3.05, 3.63) is 0 Å². The Morgan fingerprint density at radius 1 is 1.39 bits per heavy atom. The molecule has 1 atom stereocenters. The van der Waals surface area contributed by atoms with Crippen molar-refractivity contribution < 1.29 is 14.6 Å². The van der Waals surface area contributed by atoms with Gasteiger partial charge in [-0.1, -0.05) is 32.6 Å². The second kappa shape index (κ2) is 9.34. The molecule has 1 amide bonds. The van der Waals surface area contributed by atoms with E-state index < -0.39 is 0 Å². The lowest BCUT2D eigenvalue weighted by Crippen LogP contribution is -2.43. The Labute approximate surface area is 110 Å². The van der Waals surface area contributed by atoms with Gasteiger partial charge in [0.15, 0.2) is 0 Å². The molecule has 1 unspecified atom stereocenters. The summed E-state index contributed by atoms with van der Waals surface area (Å²) in [7, 11) is 0. The van der Waals surface area contributed by atoms with Crippen molar-refractivity contribution in [3.8, 4) is 0 Å². The first-order valence-electron chi connectivity index (χ1n) is 7.26. The average Bonchev–Trinajstić information content (AvgIpc) is 2.89. The molecule has 1 fully saturated rings. The van der Waals surface area contributed by atoms with Gasteiger partial charge in [0.25, 0.3) is 0 Å². The third-order valence-electron chi connectivity index (χ3n) is 3.64. The highest BCUT2D eigenvalue weighted by molar-refractivity contribution is 5.77. The topological polar surface area (TPSA) is 58.6 Å². The normalized spacial score (nSPS) is 17.9. The van der Waals surface area contributed by atoms with Crippen LogP contribution in [0.25, 0.3) is 0 Å². The van der Waals surface area contributed by atoms with Crippen LogP contribution in [-0.4, -0.2) is 36.9 Å². The van der Waals surface area contributed by atoms with Gasteiger partial charge in [-0.3, -0.25) is 4.79 Å². The highest BCUT2D eigenvalue weighted by atomic mass is 16.5. The molecule has 1 aliphatic carbocycles. The van der Waals surface area contributed by atoms with Gasteiger partial charge in [0.1, 0.15) is 6.61 Å². The zero-order chi connectivity index (χ0) is 13.2. The summed E-state index contributed by atoms with van der Waals surface area (Å²) in [6.07, 6.45) is 7.96. The molecular formula is C14H27NO3. The fourth-order valence-electron chi connectivity index (χ4n) is 2.54. The van der Waals surface area contributed by atoms with Crippen LogP contribution in [0.5, 0.6) is 0 Å². The quantitative estimate of drug-likeness (QED) is 0.620. The number of amides is 1. The van der Waals surface area contributed by atoms with E-state index in [0.717, 1.165) is 32.1 Å². The monoisotopic (exact) mass is 257 g/mol. The number of rotatable bonds is 9. The van der Waals surface area contributed by atoms with Crippen LogP contribution in [0.1, 0.15) is 51.9 Å². The van der Waals surface area contributed by atoms with Crippen LogP contribution in [0, 0.1) is 5.92 Å². The highest BCUT2D eigenvalue weighted by Crippen LogP contribution is 2.27. The minimum atomic E-state index is -0.0996. The van der Waals surface area contributed by atoms with Crippen LogP contribution in [0.2, 0.25) is 0 Å². The Bertz CT molecular complexity index is 227. The van der Waals surface area contributed by atoms with E-state index in [0.29, 0.717) is 12.5 Å². The van der Waals surface area contributed by atoms with E-state index in [2.05, 4.69) is 12.2 Å². The SMILES string of the molecule is CCCCCOCC(=O)NC(CO)C1CCCC1. The van der Waals surface area contributed by atoms with Gasteiger partial charge in [-0.2, -0.15) is 0 Å². The van der Waals surface area contributed by atoms with E-state index in [-0.39, 0.29) is 25.2 Å². The van der Waals surface area contributed by atoms with E-state index in [1.54, 1.807) is 0 Å². The van der Waals surface area contributed by atoms with Crippen LogP contribution < -0.4 is 5.32 Å². The summed E-state index contributed by atoms with van der Waals surface area (Å²) in [5.41, 5.74) is 0. The molecule has 0 spiro atoms. The van der Waals surface area contributed by atoms with Gasteiger partial charge < -0.3 is 15.2 Å². The molecule has 0 bridgehead atoms. The molecule has 0 radical (unpaired) electrons. The molecule has 2 N–H and O–H groups in total. The van der Waals surface area contributed by atoms with E-state index in [1.165, 1.54) is 12.8 Å². The number of unbranched alkanes of at least 4 members (excludes halogenated alkanes) is 2. The second-order valence-electron chi connectivity index (χ2n) is 5.16. The summed E-state index contributed by atoms with van der Waals surface area (Å²) >= 11 is 0. The number of nitrogens with one attached hydrogen (secondary N) is 1. The zero-order valence-electron chi connectivity index (χ0n) is 11.5. The maximum atomic E-state index is 11.7. The smallest absolute Gasteiger partial charge is 0.246 e. The molecule has 0 aromatic heterocycles. The predicted molar refractivity (Wildman–Crippen MR) is 71.3 cm³/mol. The van der Waals surface area contributed by atoms with Crippen molar-refractivity contribution in [2.24, 2.45) is 5.92 Å². The van der Waals surface area contributed by atoms with E-state index in [1.807, 2.05) is 0 Å². The first-order chi connectivity index (χ1) is 8.77. The average molecular weight is 257 g/mol. The van der Waals surface area contributed by atoms with Crippen LogP contribution >= 0.6 is 0 Å². The van der Waals surface area contributed by atoms with Crippen molar-refractivity contribution in [1.29, 1.82) is 0 Å². The standard InChI is InChI=1S/C14H27NO3/c1-2-3-6-9-18-11-14(17)15-13(10-16)12-7-4-5-8-12/h12-13,16H,2-11H2,1H3,(H,15,17). The summed E-state index contributed by atoms with van der Waals surface area (Å²) in [6, 6.07) is -0.0840. The lowest BCUT2D eigenvalue weighted by atomic mass is 9.99. The summed E-state index contributed by atoms with van der Waals surface area (Å²) in [5.74, 6) is 0.344. The predicted octanol–water partition coefficient (Wildman–Crippen LogP) is 1.86. The van der Waals surface area contributed by atoms with Gasteiger partial charge >= 0.3 is 0 Å². The van der Waals surface area contributed by atoms with Crippen LogP contribution in [0.4, 0.5) is 0 Å². The Morgan fingerprint density at radius 3 is 2.72 bits per heavy atom. The van der Waals surface area contributed by atoms with Crippen LogP contribution in [-0.2, 0) is 9.53 Å². The summed E-state index contributed by atoms with van der Waals surface area (Å²) in [4.78, 5) is 11.7. The third-order valence-corrected chi connectivity index (χ3v) is 3.64. The molecule has 1 saturated carbocycles. The Kier molecular flexibility index (Phi) is 8.01. The van der Waals surface area contributed by atoms with Gasteiger partial charge in [0, 0.05) is 6.61 Å². The highest BCUT2D eigenvalue weighted by Gasteiger charge is 2.25. The molecule has 106 valence electrons. The van der Waals surface area contributed by atoms with E-state index in [4.69, 9.17) is 4.74 Å². The minimum Gasteiger partial charge on any atom is -0.394 e. The van der Waals surface area contributed by atoms with Crippen molar-refractivity contribution in [1.82, 2.24) is 5.32 Å². The first-order valence-corrected chi connectivity index (χ1v) is 7.26. The number of carbonyl (C=O) groups excluding carboxylic acids is 1. The number of aliphatic hydroxyl groups is 1. The second-order valence-corrected chi connectivity index (χ2v) is 5.16. The lowest BCUT2D eigenvalue weighted by Gasteiger charge is -2.22. The molecule has 1 aliphatic rings. The zero-order valence-corrected chi connectivity index (χ0v) is 11.5. The summed E-state index contributed by atoms with van der Waals surface area (Å²) < 4.78 is 5.31. The Hall–Kier alpha value is -0.610. The molecule has 0 aromatic carbocycles. The van der Waals surface area contributed by atoms with Crippen LogP contribution in [0.15, 0.2) is 0 Å². The molecule has 0 aromatic rings. The minimum absolute atomic E-state index is 0.0340. The van der Waals surface area contributed by atoms with Gasteiger partial charge in [0.05, 0.1) is 12.6 Å². The Morgan fingerprint density at radius 2 is 2.11 bits per heavy atom. The molecule has 18 heavy (non-hydrogen) atoms. The Balaban J connectivity index is 2.12. The largest absolute Gasteiger partial charge is 0.394 e. The number of hydrogen-bond donors (Lipinski definition) is 2. The van der Waals surface area contributed by atoms with Gasteiger partial charge in [-0.25, -0.2) is 0 Å². The van der Waals surface area contributed by atoms with E-state index in [9.17, 15) is 9.90 Å². The fraction of sp³-hybridized carbons (Fsp3) is 0.929. The number of ether oxygens (including phenoxy) is 1. The van der Waals surface area contributed by atoms with Crippen molar-refractivity contribution in [2.75, 3.05) is 19.8 Å². The first kappa shape index (κ1) is 15.4. The maximum Gasteiger partial charge on any atom is 0.246 e. The molecule has 0 aliphatic heterocycles. The molecule has 0 saturated heterocycles. The van der Waals surface area contributed by atoms with Crippen molar-refractivity contribution in [2.45, 2.75) is 57.9 Å². The van der Waals surface area contributed by atoms with E-state index >= 15 is 0 Å². The molecule has 4 heteroatoms. The lowest BCUT2D eigenvalue weighted by molar-refractivity contribution is -0.127. The summed E-state index contributed by atoms with van der Waals surface area (Å²) in [6.45, 7) is 2.94. The maximum absolute atomic E-state index is 11.7. The number of hydrogen-bond acceptors (Lipinski definition) is 3. The molecule has 1 rings (SSSR count). The van der Waals surface area contributed by atoms with Gasteiger partial charge in [-0.15, -0.1) is 0 Å². The number of carbonyl (C=O) groups is 1. The molecule has 4 nitrogen and oxygen atoms in total. The molecule has 0 heterocycles. The summed E-state index contributed by atoms with van der Waals surface area (Å²) in [5, 5.41) is 12.2. The third kappa shape index (κ3) is 5.83. The molecular weight excluding hydrogens is 230 g/mol. The van der Waals surface area contributed by atoms with Crippen molar-refractivity contribution >= 4 is 5.91 Å². The van der Waals surface area contributed by atoms with Crippen molar-refractivity contribution in [3.63, 3.8) is 0 Å².